The Morgan fingerprint density at radius 2 is 1.74 bits per heavy atom. The molecule has 0 spiro atoms. The lowest BCUT2D eigenvalue weighted by Gasteiger charge is -2.38. The molecule has 3 heterocycles. The van der Waals surface area contributed by atoms with Crippen LogP contribution in [0.25, 0.3) is 11.0 Å². The summed E-state index contributed by atoms with van der Waals surface area (Å²) in [6.45, 7) is 3.26. The van der Waals surface area contributed by atoms with Crippen LogP contribution in [-0.2, 0) is 0 Å². The summed E-state index contributed by atoms with van der Waals surface area (Å²) in [5, 5.41) is 6.09. The molecular formula is C30H30ClF2N3O2. The molecule has 1 amide bonds. The number of amides is 1. The van der Waals surface area contributed by atoms with Crippen LogP contribution in [0.4, 0.5) is 8.78 Å². The third-order valence-electron chi connectivity index (χ3n) is 8.21. The fourth-order valence-corrected chi connectivity index (χ4v) is 6.53. The van der Waals surface area contributed by atoms with Crippen molar-refractivity contribution in [1.82, 2.24) is 15.0 Å². The lowest BCUT2D eigenvalue weighted by Crippen LogP contribution is -2.39. The SMILES string of the molecule is O=C(c1ccc(F)cc1)N1CCC2=C(Cl)CCCC2=C1CCN1CCC(c2noc3cc(F)ccc23)CC1. The van der Waals surface area contributed by atoms with Gasteiger partial charge in [0.15, 0.2) is 5.58 Å². The van der Waals surface area contributed by atoms with Crippen LogP contribution < -0.4 is 0 Å². The van der Waals surface area contributed by atoms with Gasteiger partial charge in [-0.15, -0.1) is 0 Å². The van der Waals surface area contributed by atoms with Crippen LogP contribution in [0.3, 0.4) is 0 Å². The summed E-state index contributed by atoms with van der Waals surface area (Å²) in [5.74, 6) is -0.478. The van der Waals surface area contributed by atoms with Crippen molar-refractivity contribution in [2.24, 2.45) is 0 Å². The molecule has 5 nitrogen and oxygen atoms in total. The highest BCUT2D eigenvalue weighted by Crippen LogP contribution is 2.41. The average Bonchev–Trinajstić information content (AvgIpc) is 3.35. The molecular weight excluding hydrogens is 508 g/mol. The summed E-state index contributed by atoms with van der Waals surface area (Å²) < 4.78 is 32.4. The van der Waals surface area contributed by atoms with Gasteiger partial charge in [0.05, 0.1) is 5.69 Å². The van der Waals surface area contributed by atoms with Crippen molar-refractivity contribution in [2.45, 2.75) is 50.9 Å². The average molecular weight is 538 g/mol. The zero-order valence-electron chi connectivity index (χ0n) is 21.2. The third kappa shape index (κ3) is 4.90. The molecule has 0 unspecified atom stereocenters. The number of likely N-dealkylation sites (tertiary alicyclic amines) is 1. The molecule has 2 aliphatic heterocycles. The lowest BCUT2D eigenvalue weighted by molar-refractivity contribution is 0.0789. The van der Waals surface area contributed by atoms with Crippen LogP contribution in [0.5, 0.6) is 0 Å². The topological polar surface area (TPSA) is 49.6 Å². The first-order valence-corrected chi connectivity index (χ1v) is 13.8. The molecule has 0 N–H and O–H groups in total. The van der Waals surface area contributed by atoms with Gasteiger partial charge in [-0.05, 0) is 99.2 Å². The first-order valence-electron chi connectivity index (χ1n) is 13.4. The number of benzene rings is 2. The predicted octanol–water partition coefficient (Wildman–Crippen LogP) is 7.15. The third-order valence-corrected chi connectivity index (χ3v) is 8.63. The van der Waals surface area contributed by atoms with Crippen LogP contribution in [0, 0.1) is 11.6 Å². The minimum Gasteiger partial charge on any atom is -0.356 e. The van der Waals surface area contributed by atoms with Gasteiger partial charge in [0, 0.05) is 53.2 Å². The van der Waals surface area contributed by atoms with E-state index < -0.39 is 0 Å². The maximum atomic E-state index is 13.5. The van der Waals surface area contributed by atoms with E-state index in [-0.39, 0.29) is 23.5 Å². The number of rotatable bonds is 5. The molecule has 38 heavy (non-hydrogen) atoms. The summed E-state index contributed by atoms with van der Waals surface area (Å²) in [7, 11) is 0. The fraction of sp³-hybridized carbons (Fsp3) is 0.400. The number of piperidine rings is 1. The number of fused-ring (bicyclic) bond motifs is 2. The Bertz CT molecular complexity index is 1420. The quantitative estimate of drug-likeness (QED) is 0.347. The number of allylic oxidation sites excluding steroid dienone is 2. The van der Waals surface area contributed by atoms with Gasteiger partial charge in [-0.25, -0.2) is 8.78 Å². The number of carbonyl (C=O) groups excluding carboxylic acids is 1. The van der Waals surface area contributed by atoms with E-state index in [0.717, 1.165) is 86.4 Å². The van der Waals surface area contributed by atoms with Crippen molar-refractivity contribution in [3.8, 4) is 0 Å². The Morgan fingerprint density at radius 3 is 2.53 bits per heavy atom. The Balaban J connectivity index is 1.17. The molecule has 1 aliphatic carbocycles. The van der Waals surface area contributed by atoms with Crippen molar-refractivity contribution in [2.75, 3.05) is 26.2 Å². The van der Waals surface area contributed by atoms with Gasteiger partial charge < -0.3 is 14.3 Å². The van der Waals surface area contributed by atoms with E-state index in [1.807, 2.05) is 4.90 Å². The zero-order chi connectivity index (χ0) is 26.2. The number of halogens is 3. The van der Waals surface area contributed by atoms with E-state index in [2.05, 4.69) is 10.1 Å². The van der Waals surface area contributed by atoms with E-state index >= 15 is 0 Å². The normalized spacial score (nSPS) is 19.4. The summed E-state index contributed by atoms with van der Waals surface area (Å²) in [6, 6.07) is 10.4. The number of hydrogen-bond acceptors (Lipinski definition) is 4. The Hall–Kier alpha value is -3.03. The fourth-order valence-electron chi connectivity index (χ4n) is 6.19. The first-order chi connectivity index (χ1) is 18.5. The van der Waals surface area contributed by atoms with Crippen molar-refractivity contribution in [3.63, 3.8) is 0 Å². The van der Waals surface area contributed by atoms with Gasteiger partial charge in [-0.1, -0.05) is 16.8 Å². The van der Waals surface area contributed by atoms with Crippen LogP contribution in [0.1, 0.15) is 66.9 Å². The Labute approximate surface area is 225 Å². The molecule has 0 radical (unpaired) electrons. The highest BCUT2D eigenvalue weighted by Gasteiger charge is 2.32. The summed E-state index contributed by atoms with van der Waals surface area (Å²) in [6.07, 6.45) is 6.21. The van der Waals surface area contributed by atoms with Gasteiger partial charge in [-0.2, -0.15) is 0 Å². The van der Waals surface area contributed by atoms with Crippen LogP contribution >= 0.6 is 11.6 Å². The molecule has 0 saturated carbocycles. The molecule has 1 saturated heterocycles. The van der Waals surface area contributed by atoms with E-state index in [9.17, 15) is 13.6 Å². The second-order valence-electron chi connectivity index (χ2n) is 10.5. The van der Waals surface area contributed by atoms with Crippen molar-refractivity contribution >= 4 is 28.5 Å². The maximum Gasteiger partial charge on any atom is 0.258 e. The molecule has 1 fully saturated rings. The minimum atomic E-state index is -0.350. The molecule has 2 aromatic carbocycles. The highest BCUT2D eigenvalue weighted by molar-refractivity contribution is 6.30. The summed E-state index contributed by atoms with van der Waals surface area (Å²) >= 11 is 6.64. The summed E-state index contributed by atoms with van der Waals surface area (Å²) in [5.41, 5.74) is 5.40. The molecule has 1 aromatic heterocycles. The van der Waals surface area contributed by atoms with Crippen molar-refractivity contribution < 1.29 is 18.1 Å². The van der Waals surface area contributed by atoms with Gasteiger partial charge in [0.1, 0.15) is 11.6 Å². The molecule has 3 aliphatic rings. The lowest BCUT2D eigenvalue weighted by atomic mass is 9.85. The summed E-state index contributed by atoms with van der Waals surface area (Å²) in [4.78, 5) is 17.8. The second-order valence-corrected chi connectivity index (χ2v) is 10.9. The van der Waals surface area contributed by atoms with E-state index in [1.165, 1.54) is 35.4 Å². The highest BCUT2D eigenvalue weighted by atomic mass is 35.5. The maximum absolute atomic E-state index is 13.5. The van der Waals surface area contributed by atoms with Gasteiger partial charge in [0.25, 0.3) is 5.91 Å². The number of nitrogens with zero attached hydrogens (tertiary/aromatic N) is 3. The molecule has 8 heteroatoms. The van der Waals surface area contributed by atoms with Gasteiger partial charge in [-0.3, -0.25) is 4.79 Å². The van der Waals surface area contributed by atoms with Crippen LogP contribution in [0.15, 0.2) is 68.9 Å². The number of aromatic nitrogens is 1. The first kappa shape index (κ1) is 25.3. The molecule has 198 valence electrons. The Morgan fingerprint density at radius 1 is 0.974 bits per heavy atom. The van der Waals surface area contributed by atoms with E-state index in [0.29, 0.717) is 17.7 Å². The monoisotopic (exact) mass is 537 g/mol. The predicted molar refractivity (Wildman–Crippen MR) is 143 cm³/mol. The molecule has 6 rings (SSSR count). The van der Waals surface area contributed by atoms with Gasteiger partial charge >= 0.3 is 0 Å². The number of hydrogen-bond donors (Lipinski definition) is 0. The minimum absolute atomic E-state index is 0.0821. The van der Waals surface area contributed by atoms with Crippen LogP contribution in [0.2, 0.25) is 0 Å². The smallest absolute Gasteiger partial charge is 0.258 e. The van der Waals surface area contributed by atoms with Crippen molar-refractivity contribution in [1.29, 1.82) is 0 Å². The largest absolute Gasteiger partial charge is 0.356 e. The standard InChI is InChI=1S/C30H30ClF2N3O2/c31-26-3-1-2-24-23(26)12-17-36(30(37)20-4-6-21(32)7-5-20)27(24)13-16-35-14-10-19(11-15-35)29-25-9-8-22(33)18-28(25)38-34-29/h4-9,18-19H,1-3,10-17H2. The molecule has 0 bridgehead atoms. The van der Waals surface area contributed by atoms with E-state index in [4.69, 9.17) is 16.1 Å². The molecule has 3 aromatic rings. The van der Waals surface area contributed by atoms with Crippen molar-refractivity contribution in [3.05, 3.63) is 87.2 Å². The second kappa shape index (κ2) is 10.6. The molecule has 0 atom stereocenters. The Kier molecular flexibility index (Phi) is 7.06. The zero-order valence-corrected chi connectivity index (χ0v) is 21.9. The number of carbonyl (C=O) groups is 1. The van der Waals surface area contributed by atoms with E-state index in [1.54, 1.807) is 18.2 Å². The van der Waals surface area contributed by atoms with Crippen LogP contribution in [-0.4, -0.2) is 47.0 Å². The van der Waals surface area contributed by atoms with Gasteiger partial charge in [0.2, 0.25) is 0 Å².